The maximum absolute atomic E-state index is 12.7. The third-order valence-corrected chi connectivity index (χ3v) is 4.34. The van der Waals surface area contributed by atoms with Gasteiger partial charge in [-0.25, -0.2) is 0 Å². The summed E-state index contributed by atoms with van der Waals surface area (Å²) in [5.41, 5.74) is 1.44. The first-order chi connectivity index (χ1) is 9.99. The Morgan fingerprint density at radius 1 is 1.33 bits per heavy atom. The molecule has 0 spiro atoms. The molecule has 0 bridgehead atoms. The zero-order chi connectivity index (χ0) is 15.4. The van der Waals surface area contributed by atoms with Crippen molar-refractivity contribution < 1.29 is 4.79 Å². The van der Waals surface area contributed by atoms with Crippen LogP contribution in [0.15, 0.2) is 47.1 Å². The monoisotopic (exact) mass is 366 g/mol. The summed E-state index contributed by atoms with van der Waals surface area (Å²) in [5, 5.41) is 0.530. The molecule has 21 heavy (non-hydrogen) atoms. The lowest BCUT2D eigenvalue weighted by molar-refractivity contribution is 0.0688. The average Bonchev–Trinajstić information content (AvgIpc) is 2.47. The van der Waals surface area contributed by atoms with Crippen LogP contribution >= 0.6 is 27.5 Å². The molecule has 3 nitrogen and oxygen atoms in total. The molecule has 1 aromatic carbocycles. The second kappa shape index (κ2) is 7.05. The number of amides is 1. The molecule has 0 saturated carbocycles. The number of halogens is 2. The standard InChI is InChI=1S/C16H16BrClN2O/c1-11(2)20(10-13-5-3-4-8-19-13)16(21)12-6-7-14(17)15(18)9-12/h3-9,11H,10H2,1-2H3. The summed E-state index contributed by atoms with van der Waals surface area (Å²) in [6, 6.07) is 11.0. The van der Waals surface area contributed by atoms with Crippen LogP contribution in [0.1, 0.15) is 29.9 Å². The summed E-state index contributed by atoms with van der Waals surface area (Å²) in [5.74, 6) is -0.0509. The summed E-state index contributed by atoms with van der Waals surface area (Å²) in [4.78, 5) is 18.7. The second-order valence-electron chi connectivity index (χ2n) is 4.98. The number of carbonyl (C=O) groups is 1. The lowest BCUT2D eigenvalue weighted by atomic mass is 10.1. The van der Waals surface area contributed by atoms with E-state index in [1.54, 1.807) is 29.3 Å². The highest BCUT2D eigenvalue weighted by Crippen LogP contribution is 2.24. The first kappa shape index (κ1) is 16.0. The molecule has 110 valence electrons. The van der Waals surface area contributed by atoms with Crippen molar-refractivity contribution in [3.8, 4) is 0 Å². The van der Waals surface area contributed by atoms with Crippen molar-refractivity contribution in [3.63, 3.8) is 0 Å². The molecular weight excluding hydrogens is 352 g/mol. The zero-order valence-electron chi connectivity index (χ0n) is 11.9. The first-order valence-electron chi connectivity index (χ1n) is 6.65. The summed E-state index contributed by atoms with van der Waals surface area (Å²) < 4.78 is 0.779. The van der Waals surface area contributed by atoms with Crippen LogP contribution in [-0.4, -0.2) is 21.8 Å². The third-order valence-electron chi connectivity index (χ3n) is 3.11. The van der Waals surface area contributed by atoms with E-state index >= 15 is 0 Å². The van der Waals surface area contributed by atoms with Crippen molar-refractivity contribution in [2.75, 3.05) is 0 Å². The van der Waals surface area contributed by atoms with Crippen molar-refractivity contribution in [1.29, 1.82) is 0 Å². The van der Waals surface area contributed by atoms with E-state index in [0.29, 0.717) is 17.1 Å². The molecule has 2 rings (SSSR count). The van der Waals surface area contributed by atoms with Crippen LogP contribution in [0.2, 0.25) is 5.02 Å². The number of pyridine rings is 1. The Kier molecular flexibility index (Phi) is 5.37. The number of hydrogen-bond donors (Lipinski definition) is 0. The highest BCUT2D eigenvalue weighted by atomic mass is 79.9. The van der Waals surface area contributed by atoms with Crippen LogP contribution in [0.3, 0.4) is 0 Å². The number of rotatable bonds is 4. The summed E-state index contributed by atoms with van der Waals surface area (Å²) in [6.45, 7) is 4.45. The molecule has 2 aromatic rings. The van der Waals surface area contributed by atoms with Gasteiger partial charge in [-0.15, -0.1) is 0 Å². The zero-order valence-corrected chi connectivity index (χ0v) is 14.2. The lowest BCUT2D eigenvalue weighted by Gasteiger charge is -2.26. The largest absolute Gasteiger partial charge is 0.330 e. The molecule has 0 unspecified atom stereocenters. The first-order valence-corrected chi connectivity index (χ1v) is 7.82. The summed E-state index contributed by atoms with van der Waals surface area (Å²) in [6.07, 6.45) is 1.73. The Bertz CT molecular complexity index is 631. The van der Waals surface area contributed by atoms with E-state index in [9.17, 15) is 4.79 Å². The highest BCUT2D eigenvalue weighted by molar-refractivity contribution is 9.10. The molecule has 0 aliphatic heterocycles. The fourth-order valence-electron chi connectivity index (χ4n) is 1.95. The number of aromatic nitrogens is 1. The molecule has 0 aliphatic carbocycles. The minimum Gasteiger partial charge on any atom is -0.330 e. The van der Waals surface area contributed by atoms with Gasteiger partial charge in [0.25, 0.3) is 5.91 Å². The Balaban J connectivity index is 2.25. The van der Waals surface area contributed by atoms with Crippen LogP contribution in [-0.2, 0) is 6.54 Å². The van der Waals surface area contributed by atoms with Gasteiger partial charge in [0.2, 0.25) is 0 Å². The highest BCUT2D eigenvalue weighted by Gasteiger charge is 2.20. The van der Waals surface area contributed by atoms with Crippen molar-refractivity contribution in [2.45, 2.75) is 26.4 Å². The predicted octanol–water partition coefficient (Wildman–Crippen LogP) is 4.55. The van der Waals surface area contributed by atoms with Gasteiger partial charge in [0.05, 0.1) is 17.3 Å². The second-order valence-corrected chi connectivity index (χ2v) is 6.24. The molecule has 1 heterocycles. The minimum absolute atomic E-state index is 0.0509. The van der Waals surface area contributed by atoms with Crippen molar-refractivity contribution in [2.24, 2.45) is 0 Å². The molecule has 0 fully saturated rings. The molecule has 1 aromatic heterocycles. The molecule has 5 heteroatoms. The van der Waals surface area contributed by atoms with E-state index in [2.05, 4.69) is 20.9 Å². The van der Waals surface area contributed by atoms with Gasteiger partial charge in [0.15, 0.2) is 0 Å². The van der Waals surface area contributed by atoms with Gasteiger partial charge < -0.3 is 4.90 Å². The number of benzene rings is 1. The fraction of sp³-hybridized carbons (Fsp3) is 0.250. The van der Waals surface area contributed by atoms with Crippen LogP contribution in [0, 0.1) is 0 Å². The summed E-state index contributed by atoms with van der Waals surface area (Å²) >= 11 is 9.40. The van der Waals surface area contributed by atoms with Crippen LogP contribution in [0.25, 0.3) is 0 Å². The lowest BCUT2D eigenvalue weighted by Crippen LogP contribution is -2.36. The quantitative estimate of drug-likeness (QED) is 0.794. The van der Waals surface area contributed by atoms with Crippen LogP contribution < -0.4 is 0 Å². The maximum Gasteiger partial charge on any atom is 0.254 e. The van der Waals surface area contributed by atoms with Crippen molar-refractivity contribution >= 4 is 33.4 Å². The number of carbonyl (C=O) groups excluding carboxylic acids is 1. The molecule has 0 N–H and O–H groups in total. The Labute approximate surface area is 138 Å². The van der Waals surface area contributed by atoms with E-state index in [4.69, 9.17) is 11.6 Å². The van der Waals surface area contributed by atoms with E-state index in [-0.39, 0.29) is 11.9 Å². The third kappa shape index (κ3) is 4.05. The van der Waals surface area contributed by atoms with Crippen LogP contribution in [0.4, 0.5) is 0 Å². The number of nitrogens with zero attached hydrogens (tertiary/aromatic N) is 2. The van der Waals surface area contributed by atoms with Gasteiger partial charge in [-0.3, -0.25) is 9.78 Å². The average molecular weight is 368 g/mol. The van der Waals surface area contributed by atoms with Gasteiger partial charge in [-0.1, -0.05) is 17.7 Å². The molecular formula is C16H16BrClN2O. The van der Waals surface area contributed by atoms with Gasteiger partial charge in [0, 0.05) is 22.3 Å². The van der Waals surface area contributed by atoms with E-state index in [1.165, 1.54) is 0 Å². The van der Waals surface area contributed by atoms with Crippen molar-refractivity contribution in [1.82, 2.24) is 9.88 Å². The topological polar surface area (TPSA) is 33.2 Å². The molecule has 1 amide bonds. The van der Waals surface area contributed by atoms with Gasteiger partial charge in [-0.05, 0) is 60.1 Å². The Morgan fingerprint density at radius 2 is 2.10 bits per heavy atom. The van der Waals surface area contributed by atoms with E-state index in [0.717, 1.165) is 10.2 Å². The Hall–Kier alpha value is -1.39. The molecule has 0 saturated heterocycles. The van der Waals surface area contributed by atoms with Gasteiger partial charge in [0.1, 0.15) is 0 Å². The Morgan fingerprint density at radius 3 is 2.67 bits per heavy atom. The minimum atomic E-state index is -0.0509. The van der Waals surface area contributed by atoms with E-state index < -0.39 is 0 Å². The van der Waals surface area contributed by atoms with E-state index in [1.807, 2.05) is 32.0 Å². The SMILES string of the molecule is CC(C)N(Cc1ccccn1)C(=O)c1ccc(Br)c(Cl)c1. The number of hydrogen-bond acceptors (Lipinski definition) is 2. The van der Waals surface area contributed by atoms with Crippen molar-refractivity contribution in [3.05, 3.63) is 63.3 Å². The fourth-order valence-corrected chi connectivity index (χ4v) is 2.38. The predicted molar refractivity (Wildman–Crippen MR) is 88.4 cm³/mol. The smallest absolute Gasteiger partial charge is 0.254 e. The molecule has 0 aliphatic rings. The maximum atomic E-state index is 12.7. The van der Waals surface area contributed by atoms with Gasteiger partial charge in [-0.2, -0.15) is 0 Å². The normalized spacial score (nSPS) is 10.7. The molecule has 0 atom stereocenters. The molecule has 0 radical (unpaired) electrons. The summed E-state index contributed by atoms with van der Waals surface area (Å²) in [7, 11) is 0. The van der Waals surface area contributed by atoms with Crippen LogP contribution in [0.5, 0.6) is 0 Å². The van der Waals surface area contributed by atoms with Gasteiger partial charge >= 0.3 is 0 Å².